The molecule has 0 bridgehead atoms. The van der Waals surface area contributed by atoms with Gasteiger partial charge < -0.3 is 15.4 Å². The van der Waals surface area contributed by atoms with Crippen molar-refractivity contribution in [3.63, 3.8) is 0 Å². The Morgan fingerprint density at radius 3 is 2.65 bits per heavy atom. The van der Waals surface area contributed by atoms with Crippen LogP contribution in [-0.2, 0) is 0 Å². The molecule has 0 aliphatic carbocycles. The van der Waals surface area contributed by atoms with Crippen molar-refractivity contribution in [1.82, 2.24) is 9.97 Å². The lowest BCUT2D eigenvalue weighted by Crippen LogP contribution is -2.15. The summed E-state index contributed by atoms with van der Waals surface area (Å²) in [5.41, 5.74) is 1.23. The molecule has 3 aromatic rings. The van der Waals surface area contributed by atoms with Crippen molar-refractivity contribution in [3.8, 4) is 5.75 Å². The van der Waals surface area contributed by atoms with Gasteiger partial charge in [0.1, 0.15) is 28.9 Å². The van der Waals surface area contributed by atoms with Crippen molar-refractivity contribution in [2.45, 2.75) is 6.92 Å². The highest BCUT2D eigenvalue weighted by Gasteiger charge is 2.12. The van der Waals surface area contributed by atoms with Gasteiger partial charge in [-0.05, 0) is 37.3 Å². The number of halogens is 1. The maximum Gasteiger partial charge on any atom is 0.274 e. The van der Waals surface area contributed by atoms with Crippen molar-refractivity contribution in [3.05, 3.63) is 71.9 Å². The van der Waals surface area contributed by atoms with Gasteiger partial charge in [0.15, 0.2) is 0 Å². The van der Waals surface area contributed by atoms with E-state index in [1.165, 1.54) is 24.3 Å². The van der Waals surface area contributed by atoms with Crippen LogP contribution in [0.1, 0.15) is 16.3 Å². The van der Waals surface area contributed by atoms with Crippen molar-refractivity contribution >= 4 is 23.1 Å². The highest BCUT2D eigenvalue weighted by Crippen LogP contribution is 2.26. The van der Waals surface area contributed by atoms with E-state index < -0.39 is 11.7 Å². The third-order valence-electron chi connectivity index (χ3n) is 3.52. The van der Waals surface area contributed by atoms with E-state index in [1.54, 1.807) is 20.1 Å². The number of nitrogens with zero attached hydrogens (tertiary/aromatic N) is 2. The zero-order valence-corrected chi connectivity index (χ0v) is 14.3. The van der Waals surface area contributed by atoms with Gasteiger partial charge in [-0.15, -0.1) is 0 Å². The lowest BCUT2D eigenvalue weighted by atomic mass is 10.2. The Morgan fingerprint density at radius 1 is 1.08 bits per heavy atom. The summed E-state index contributed by atoms with van der Waals surface area (Å²) in [5.74, 6) is 0.639. The Balaban J connectivity index is 1.84. The summed E-state index contributed by atoms with van der Waals surface area (Å²) in [6, 6.07) is 14.5. The van der Waals surface area contributed by atoms with Crippen molar-refractivity contribution in [2.75, 3.05) is 17.7 Å². The molecule has 2 N–H and O–H groups in total. The molecule has 0 aliphatic rings. The molecule has 26 heavy (non-hydrogen) atoms. The number of hydrogen-bond acceptors (Lipinski definition) is 5. The van der Waals surface area contributed by atoms with Gasteiger partial charge >= 0.3 is 0 Å². The summed E-state index contributed by atoms with van der Waals surface area (Å²) < 4.78 is 18.6. The predicted octanol–water partition coefficient (Wildman–Crippen LogP) is 3.93. The molecule has 0 radical (unpaired) electrons. The van der Waals surface area contributed by atoms with Gasteiger partial charge in [0, 0.05) is 11.8 Å². The maximum atomic E-state index is 13.3. The smallest absolute Gasteiger partial charge is 0.274 e. The van der Waals surface area contributed by atoms with Gasteiger partial charge in [-0.2, -0.15) is 0 Å². The van der Waals surface area contributed by atoms with Crippen molar-refractivity contribution < 1.29 is 13.9 Å². The van der Waals surface area contributed by atoms with Crippen LogP contribution in [0.25, 0.3) is 0 Å². The number of aromatic nitrogens is 2. The molecule has 0 atom stereocenters. The van der Waals surface area contributed by atoms with Crippen LogP contribution < -0.4 is 15.4 Å². The van der Waals surface area contributed by atoms with E-state index in [0.29, 0.717) is 28.8 Å². The number of anilines is 3. The van der Waals surface area contributed by atoms with Gasteiger partial charge in [-0.3, -0.25) is 4.79 Å². The second kappa shape index (κ2) is 7.60. The Kier molecular flexibility index (Phi) is 5.07. The zero-order valence-electron chi connectivity index (χ0n) is 14.3. The molecule has 1 aromatic heterocycles. The number of para-hydroxylation sites is 2. The summed E-state index contributed by atoms with van der Waals surface area (Å²) in [7, 11) is 1.57. The number of amides is 1. The maximum absolute atomic E-state index is 13.3. The SMILES string of the molecule is COc1ccccc1Nc1cc(C(=O)Nc2cccc(F)c2)nc(C)n1. The van der Waals surface area contributed by atoms with E-state index in [0.717, 1.165) is 0 Å². The molecule has 3 rings (SSSR count). The number of benzene rings is 2. The number of ether oxygens (including phenoxy) is 1. The van der Waals surface area contributed by atoms with Gasteiger partial charge in [-0.1, -0.05) is 18.2 Å². The molecule has 0 unspecified atom stereocenters. The first-order chi connectivity index (χ1) is 12.5. The highest BCUT2D eigenvalue weighted by atomic mass is 19.1. The van der Waals surface area contributed by atoms with E-state index in [2.05, 4.69) is 20.6 Å². The van der Waals surface area contributed by atoms with Crippen LogP contribution in [0.2, 0.25) is 0 Å². The lowest BCUT2D eigenvalue weighted by molar-refractivity contribution is 0.102. The molecule has 0 saturated heterocycles. The van der Waals surface area contributed by atoms with Crippen LogP contribution >= 0.6 is 0 Å². The number of hydrogen-bond donors (Lipinski definition) is 2. The van der Waals surface area contributed by atoms with Crippen LogP contribution in [0.5, 0.6) is 5.75 Å². The molecule has 0 saturated carbocycles. The number of rotatable bonds is 5. The molecular weight excluding hydrogens is 335 g/mol. The van der Waals surface area contributed by atoms with Crippen LogP contribution in [0, 0.1) is 12.7 Å². The first kappa shape index (κ1) is 17.3. The number of aryl methyl sites for hydroxylation is 1. The molecule has 7 heteroatoms. The van der Waals surface area contributed by atoms with Crippen molar-refractivity contribution in [1.29, 1.82) is 0 Å². The Bertz CT molecular complexity index is 946. The minimum atomic E-state index is -0.454. The fourth-order valence-electron chi connectivity index (χ4n) is 2.40. The Hall–Kier alpha value is -3.48. The minimum absolute atomic E-state index is 0.166. The molecule has 0 spiro atoms. The first-order valence-corrected chi connectivity index (χ1v) is 7.88. The Labute approximate surface area is 150 Å². The third-order valence-corrected chi connectivity index (χ3v) is 3.52. The van der Waals surface area contributed by atoms with Gasteiger partial charge in [-0.25, -0.2) is 14.4 Å². The molecule has 0 aliphatic heterocycles. The Morgan fingerprint density at radius 2 is 1.88 bits per heavy atom. The monoisotopic (exact) mass is 352 g/mol. The summed E-state index contributed by atoms with van der Waals surface area (Å²) >= 11 is 0. The molecule has 6 nitrogen and oxygen atoms in total. The number of carbonyl (C=O) groups is 1. The van der Waals surface area contributed by atoms with E-state index in [9.17, 15) is 9.18 Å². The number of carbonyl (C=O) groups excluding carboxylic acids is 1. The van der Waals surface area contributed by atoms with Crippen LogP contribution in [0.4, 0.5) is 21.6 Å². The average molecular weight is 352 g/mol. The molecule has 1 heterocycles. The van der Waals surface area contributed by atoms with Gasteiger partial charge in [0.2, 0.25) is 0 Å². The summed E-state index contributed by atoms with van der Waals surface area (Å²) in [6.45, 7) is 1.69. The van der Waals surface area contributed by atoms with Gasteiger partial charge in [0.05, 0.1) is 12.8 Å². The standard InChI is InChI=1S/C19H17FN4O2/c1-12-21-16(19(25)23-14-7-5-6-13(20)10-14)11-18(22-12)24-15-8-3-4-9-17(15)26-2/h3-11H,1-2H3,(H,23,25)(H,21,22,24). The fourth-order valence-corrected chi connectivity index (χ4v) is 2.40. The second-order valence-corrected chi connectivity index (χ2v) is 5.48. The molecule has 2 aromatic carbocycles. The van der Waals surface area contributed by atoms with E-state index in [1.807, 2.05) is 24.3 Å². The minimum Gasteiger partial charge on any atom is -0.495 e. The lowest BCUT2D eigenvalue weighted by Gasteiger charge is -2.12. The first-order valence-electron chi connectivity index (χ1n) is 7.88. The summed E-state index contributed by atoms with van der Waals surface area (Å²) in [6.07, 6.45) is 0. The van der Waals surface area contributed by atoms with Crippen molar-refractivity contribution in [2.24, 2.45) is 0 Å². The van der Waals surface area contributed by atoms with E-state index in [4.69, 9.17) is 4.74 Å². The largest absolute Gasteiger partial charge is 0.495 e. The quantitative estimate of drug-likeness (QED) is 0.728. The summed E-state index contributed by atoms with van der Waals surface area (Å²) in [4.78, 5) is 20.9. The normalized spacial score (nSPS) is 10.3. The number of nitrogens with one attached hydrogen (secondary N) is 2. The van der Waals surface area contributed by atoms with Crippen LogP contribution in [0.15, 0.2) is 54.6 Å². The molecular formula is C19H17FN4O2. The van der Waals surface area contributed by atoms with Crippen LogP contribution in [-0.4, -0.2) is 23.0 Å². The van der Waals surface area contributed by atoms with E-state index in [-0.39, 0.29) is 5.69 Å². The highest BCUT2D eigenvalue weighted by molar-refractivity contribution is 6.03. The molecule has 132 valence electrons. The average Bonchev–Trinajstić information content (AvgIpc) is 2.61. The summed E-state index contributed by atoms with van der Waals surface area (Å²) in [5, 5.41) is 5.73. The third kappa shape index (κ3) is 4.13. The second-order valence-electron chi connectivity index (χ2n) is 5.48. The fraction of sp³-hybridized carbons (Fsp3) is 0.105. The number of methoxy groups -OCH3 is 1. The van der Waals surface area contributed by atoms with E-state index >= 15 is 0 Å². The topological polar surface area (TPSA) is 76.1 Å². The molecule has 1 amide bonds. The van der Waals surface area contributed by atoms with Gasteiger partial charge in [0.25, 0.3) is 5.91 Å². The van der Waals surface area contributed by atoms with Crippen LogP contribution in [0.3, 0.4) is 0 Å². The molecule has 0 fully saturated rings. The zero-order chi connectivity index (χ0) is 18.5. The predicted molar refractivity (Wildman–Crippen MR) is 97.4 cm³/mol.